The lowest BCUT2D eigenvalue weighted by atomic mass is 9.91. The smallest absolute Gasteiger partial charge is 0.148 e. The Morgan fingerprint density at radius 3 is 2.47 bits per heavy atom. The van der Waals surface area contributed by atoms with Crippen LogP contribution in [0.4, 0.5) is 0 Å². The normalized spacial score (nSPS) is 27.6. The third-order valence-corrected chi connectivity index (χ3v) is 4.87. The SMILES string of the molecule is CCOC1C(Br)CC1Oc1c(Br)cccc1Br. The van der Waals surface area contributed by atoms with Gasteiger partial charge in [-0.15, -0.1) is 0 Å². The molecule has 0 aliphatic heterocycles. The monoisotopic (exact) mass is 426 g/mol. The first-order chi connectivity index (χ1) is 8.13. The molecule has 17 heavy (non-hydrogen) atoms. The predicted octanol–water partition coefficient (Wildman–Crippen LogP) is 4.53. The van der Waals surface area contributed by atoms with Gasteiger partial charge >= 0.3 is 0 Å². The lowest BCUT2D eigenvalue weighted by molar-refractivity contribution is -0.0728. The number of para-hydroxylation sites is 1. The Hall–Kier alpha value is 0.420. The molecular weight excluding hydrogens is 416 g/mol. The van der Waals surface area contributed by atoms with Crippen molar-refractivity contribution in [2.45, 2.75) is 30.4 Å². The number of hydrogen-bond donors (Lipinski definition) is 0. The Kier molecular flexibility index (Phi) is 4.92. The molecule has 0 N–H and O–H groups in total. The average Bonchev–Trinajstić information content (AvgIpc) is 2.29. The molecule has 1 aromatic carbocycles. The van der Waals surface area contributed by atoms with Crippen molar-refractivity contribution < 1.29 is 9.47 Å². The third-order valence-electron chi connectivity index (χ3n) is 2.73. The Morgan fingerprint density at radius 2 is 1.94 bits per heavy atom. The van der Waals surface area contributed by atoms with E-state index < -0.39 is 0 Å². The van der Waals surface area contributed by atoms with E-state index in [1.165, 1.54) is 0 Å². The second kappa shape index (κ2) is 6.04. The molecule has 1 aromatic rings. The van der Waals surface area contributed by atoms with Gasteiger partial charge in [-0.2, -0.15) is 0 Å². The van der Waals surface area contributed by atoms with Gasteiger partial charge in [-0.3, -0.25) is 0 Å². The maximum Gasteiger partial charge on any atom is 0.148 e. The molecule has 0 radical (unpaired) electrons. The van der Waals surface area contributed by atoms with Crippen LogP contribution < -0.4 is 4.74 Å². The topological polar surface area (TPSA) is 18.5 Å². The summed E-state index contributed by atoms with van der Waals surface area (Å²) in [5.74, 6) is 0.849. The van der Waals surface area contributed by atoms with E-state index in [4.69, 9.17) is 9.47 Å². The highest BCUT2D eigenvalue weighted by Gasteiger charge is 2.42. The largest absolute Gasteiger partial charge is 0.485 e. The quantitative estimate of drug-likeness (QED) is 0.656. The molecule has 2 rings (SSSR count). The zero-order chi connectivity index (χ0) is 12.4. The Bertz CT molecular complexity index is 377. The van der Waals surface area contributed by atoms with Gasteiger partial charge in [0.15, 0.2) is 0 Å². The minimum Gasteiger partial charge on any atom is -0.485 e. The van der Waals surface area contributed by atoms with E-state index in [1.807, 2.05) is 25.1 Å². The van der Waals surface area contributed by atoms with E-state index >= 15 is 0 Å². The summed E-state index contributed by atoms with van der Waals surface area (Å²) in [7, 11) is 0. The van der Waals surface area contributed by atoms with Crippen LogP contribution in [0.3, 0.4) is 0 Å². The van der Waals surface area contributed by atoms with E-state index in [-0.39, 0.29) is 12.2 Å². The summed E-state index contributed by atoms with van der Waals surface area (Å²) in [6, 6.07) is 5.91. The van der Waals surface area contributed by atoms with Gasteiger partial charge in [0, 0.05) is 17.9 Å². The lowest BCUT2D eigenvalue weighted by Crippen LogP contribution is -2.52. The van der Waals surface area contributed by atoms with Crippen molar-refractivity contribution in [2.75, 3.05) is 6.61 Å². The predicted molar refractivity (Wildman–Crippen MR) is 79.0 cm³/mol. The van der Waals surface area contributed by atoms with Crippen LogP contribution in [0.25, 0.3) is 0 Å². The highest BCUT2D eigenvalue weighted by molar-refractivity contribution is 9.11. The molecular formula is C12H13Br3O2. The van der Waals surface area contributed by atoms with Crippen molar-refractivity contribution in [2.24, 2.45) is 0 Å². The third kappa shape index (κ3) is 3.06. The van der Waals surface area contributed by atoms with Crippen LogP contribution in [-0.4, -0.2) is 23.6 Å². The minimum atomic E-state index is 0.120. The molecule has 0 heterocycles. The van der Waals surface area contributed by atoms with Gasteiger partial charge in [0.1, 0.15) is 18.0 Å². The van der Waals surface area contributed by atoms with Crippen molar-refractivity contribution in [3.63, 3.8) is 0 Å². The fraction of sp³-hybridized carbons (Fsp3) is 0.500. The zero-order valence-corrected chi connectivity index (χ0v) is 14.1. The summed E-state index contributed by atoms with van der Waals surface area (Å²) in [5, 5.41) is 0. The minimum absolute atomic E-state index is 0.120. The average molecular weight is 429 g/mol. The summed E-state index contributed by atoms with van der Waals surface area (Å²) in [5.41, 5.74) is 0. The number of hydrogen-bond acceptors (Lipinski definition) is 2. The van der Waals surface area contributed by atoms with Crippen LogP contribution in [0.15, 0.2) is 27.1 Å². The van der Waals surface area contributed by atoms with Crippen molar-refractivity contribution in [1.29, 1.82) is 0 Å². The number of benzene rings is 1. The molecule has 3 atom stereocenters. The Balaban J connectivity index is 2.06. The van der Waals surface area contributed by atoms with Crippen molar-refractivity contribution in [3.8, 4) is 5.75 Å². The molecule has 0 spiro atoms. The summed E-state index contributed by atoms with van der Waals surface area (Å²) in [6.45, 7) is 2.72. The molecule has 5 heteroatoms. The van der Waals surface area contributed by atoms with E-state index in [1.54, 1.807) is 0 Å². The summed E-state index contributed by atoms with van der Waals surface area (Å²) >= 11 is 10.6. The van der Waals surface area contributed by atoms with E-state index in [0.717, 1.165) is 21.1 Å². The van der Waals surface area contributed by atoms with Gasteiger partial charge in [0.25, 0.3) is 0 Å². The first-order valence-corrected chi connectivity index (χ1v) is 8.00. The van der Waals surface area contributed by atoms with Gasteiger partial charge in [-0.05, 0) is 50.9 Å². The fourth-order valence-corrected chi connectivity index (χ4v) is 3.84. The number of rotatable bonds is 4. The molecule has 0 saturated heterocycles. The van der Waals surface area contributed by atoms with Crippen molar-refractivity contribution in [3.05, 3.63) is 27.1 Å². The van der Waals surface area contributed by atoms with Crippen molar-refractivity contribution >= 4 is 47.8 Å². The molecule has 2 nitrogen and oxygen atoms in total. The molecule has 1 aliphatic rings. The molecule has 3 unspecified atom stereocenters. The molecule has 1 fully saturated rings. The van der Waals surface area contributed by atoms with Gasteiger partial charge < -0.3 is 9.47 Å². The molecule has 94 valence electrons. The zero-order valence-electron chi connectivity index (χ0n) is 9.33. The van der Waals surface area contributed by atoms with Gasteiger partial charge in [-0.25, -0.2) is 0 Å². The van der Waals surface area contributed by atoms with E-state index in [9.17, 15) is 0 Å². The van der Waals surface area contributed by atoms with Crippen LogP contribution in [0, 0.1) is 0 Å². The number of alkyl halides is 1. The summed E-state index contributed by atoms with van der Waals surface area (Å²) in [4.78, 5) is 0.397. The van der Waals surface area contributed by atoms with Gasteiger partial charge in [0.05, 0.1) is 8.95 Å². The second-order valence-electron chi connectivity index (χ2n) is 3.88. The highest BCUT2D eigenvalue weighted by atomic mass is 79.9. The Morgan fingerprint density at radius 1 is 1.29 bits per heavy atom. The molecule has 0 bridgehead atoms. The first kappa shape index (κ1) is 13.8. The summed E-state index contributed by atoms with van der Waals surface area (Å²) < 4.78 is 13.6. The number of halogens is 3. The molecule has 0 aromatic heterocycles. The van der Waals surface area contributed by atoms with Gasteiger partial charge in [0.2, 0.25) is 0 Å². The molecule has 1 aliphatic carbocycles. The summed E-state index contributed by atoms with van der Waals surface area (Å²) in [6.07, 6.45) is 1.23. The van der Waals surface area contributed by atoms with Gasteiger partial charge in [-0.1, -0.05) is 22.0 Å². The van der Waals surface area contributed by atoms with Crippen LogP contribution in [-0.2, 0) is 4.74 Å². The van der Waals surface area contributed by atoms with Crippen LogP contribution in [0.1, 0.15) is 13.3 Å². The van der Waals surface area contributed by atoms with Crippen LogP contribution >= 0.6 is 47.8 Å². The van der Waals surface area contributed by atoms with Crippen LogP contribution in [0.2, 0.25) is 0 Å². The standard InChI is InChI=1S/C12H13Br3O2/c1-2-16-12-9(15)6-10(12)17-11-7(13)4-3-5-8(11)14/h3-5,9-10,12H,2,6H2,1H3. The fourth-order valence-electron chi connectivity index (χ4n) is 1.79. The highest BCUT2D eigenvalue weighted by Crippen LogP contribution is 2.39. The van der Waals surface area contributed by atoms with E-state index in [0.29, 0.717) is 11.4 Å². The number of ether oxygens (including phenoxy) is 2. The van der Waals surface area contributed by atoms with Crippen LogP contribution in [0.5, 0.6) is 5.75 Å². The van der Waals surface area contributed by atoms with Crippen molar-refractivity contribution in [1.82, 2.24) is 0 Å². The first-order valence-electron chi connectivity index (χ1n) is 5.49. The molecule has 0 amide bonds. The maximum absolute atomic E-state index is 6.00. The Labute approximate surface area is 126 Å². The van der Waals surface area contributed by atoms with E-state index in [2.05, 4.69) is 47.8 Å². The molecule has 1 saturated carbocycles. The maximum atomic E-state index is 6.00. The second-order valence-corrected chi connectivity index (χ2v) is 6.76. The lowest BCUT2D eigenvalue weighted by Gasteiger charge is -2.41.